The molecule has 12 heavy (non-hydrogen) atoms. The molecule has 0 radical (unpaired) electrons. The van der Waals surface area contributed by atoms with Crippen molar-refractivity contribution in [2.24, 2.45) is 5.41 Å². The molecule has 1 amide bonds. The predicted octanol–water partition coefficient (Wildman–Crippen LogP) is 2.12. The van der Waals surface area contributed by atoms with E-state index in [0.717, 1.165) is 6.42 Å². The van der Waals surface area contributed by atoms with Gasteiger partial charge in [0.05, 0.1) is 6.61 Å². The maximum Gasteiger partial charge on any atom is 0.409 e. The monoisotopic (exact) mass is 173 g/mol. The maximum absolute atomic E-state index is 10.9. The van der Waals surface area contributed by atoms with Crippen molar-refractivity contribution in [1.29, 1.82) is 0 Å². The molecule has 0 rings (SSSR count). The zero-order chi connectivity index (χ0) is 9.78. The molecule has 0 fully saturated rings. The van der Waals surface area contributed by atoms with Crippen LogP contribution in [0.25, 0.3) is 0 Å². The standard InChI is InChI=1S/C9H19NO2/c1-9(2,3)6-7-12-8(11)10(4)5/h6-7H2,1-5H3. The Morgan fingerprint density at radius 2 is 1.83 bits per heavy atom. The van der Waals surface area contributed by atoms with E-state index >= 15 is 0 Å². The molecule has 0 aliphatic carbocycles. The van der Waals surface area contributed by atoms with E-state index in [1.165, 1.54) is 4.90 Å². The van der Waals surface area contributed by atoms with E-state index in [9.17, 15) is 4.79 Å². The molecule has 0 N–H and O–H groups in total. The fourth-order valence-corrected chi connectivity index (χ4v) is 0.574. The van der Waals surface area contributed by atoms with Crippen molar-refractivity contribution < 1.29 is 9.53 Å². The number of rotatable bonds is 2. The molecule has 0 saturated heterocycles. The minimum absolute atomic E-state index is 0.229. The number of nitrogens with zero attached hydrogens (tertiary/aromatic N) is 1. The normalized spacial score (nSPS) is 11.1. The Hall–Kier alpha value is -0.730. The first-order valence-corrected chi connectivity index (χ1v) is 4.17. The average molecular weight is 173 g/mol. The van der Waals surface area contributed by atoms with Crippen LogP contribution in [0.3, 0.4) is 0 Å². The summed E-state index contributed by atoms with van der Waals surface area (Å²) in [5.74, 6) is 0. The van der Waals surface area contributed by atoms with Gasteiger partial charge in [0.1, 0.15) is 0 Å². The number of carbonyl (C=O) groups is 1. The van der Waals surface area contributed by atoms with Crippen molar-refractivity contribution in [2.45, 2.75) is 27.2 Å². The first kappa shape index (κ1) is 11.3. The molecule has 0 saturated carbocycles. The van der Waals surface area contributed by atoms with Crippen molar-refractivity contribution >= 4 is 6.09 Å². The van der Waals surface area contributed by atoms with Gasteiger partial charge >= 0.3 is 6.09 Å². The highest BCUT2D eigenvalue weighted by Crippen LogP contribution is 2.17. The molecule has 0 aliphatic heterocycles. The van der Waals surface area contributed by atoms with E-state index in [2.05, 4.69) is 20.8 Å². The van der Waals surface area contributed by atoms with Gasteiger partial charge in [0.2, 0.25) is 0 Å². The molecule has 0 aliphatic rings. The third kappa shape index (κ3) is 6.01. The molecule has 0 spiro atoms. The molecule has 0 aromatic heterocycles. The average Bonchev–Trinajstić information content (AvgIpc) is 1.84. The lowest BCUT2D eigenvalue weighted by Crippen LogP contribution is -2.24. The summed E-state index contributed by atoms with van der Waals surface area (Å²) in [5.41, 5.74) is 0.229. The minimum Gasteiger partial charge on any atom is -0.449 e. The zero-order valence-electron chi connectivity index (χ0n) is 8.68. The van der Waals surface area contributed by atoms with Crippen molar-refractivity contribution in [3.05, 3.63) is 0 Å². The number of carbonyl (C=O) groups excluding carboxylic acids is 1. The Kier molecular flexibility index (Phi) is 4.07. The van der Waals surface area contributed by atoms with Gasteiger partial charge < -0.3 is 9.64 Å². The number of hydrogen-bond acceptors (Lipinski definition) is 2. The molecule has 3 nitrogen and oxygen atoms in total. The fourth-order valence-electron chi connectivity index (χ4n) is 0.574. The van der Waals surface area contributed by atoms with E-state index in [1.54, 1.807) is 14.1 Å². The van der Waals surface area contributed by atoms with Crippen LogP contribution in [0.15, 0.2) is 0 Å². The second kappa shape index (κ2) is 4.33. The highest BCUT2D eigenvalue weighted by molar-refractivity contribution is 5.66. The van der Waals surface area contributed by atoms with E-state index < -0.39 is 0 Å². The first-order valence-electron chi connectivity index (χ1n) is 4.17. The van der Waals surface area contributed by atoms with E-state index in [-0.39, 0.29) is 11.5 Å². The summed E-state index contributed by atoms with van der Waals surface area (Å²) in [4.78, 5) is 12.4. The SMILES string of the molecule is CN(C)C(=O)OCCC(C)(C)C. The van der Waals surface area contributed by atoms with Crippen molar-refractivity contribution in [1.82, 2.24) is 4.90 Å². The maximum atomic E-state index is 10.9. The summed E-state index contributed by atoms with van der Waals surface area (Å²) >= 11 is 0. The Balaban J connectivity index is 3.51. The molecule has 0 aromatic carbocycles. The van der Waals surface area contributed by atoms with Gasteiger partial charge in [0.15, 0.2) is 0 Å². The van der Waals surface area contributed by atoms with Crippen LogP contribution in [0.5, 0.6) is 0 Å². The van der Waals surface area contributed by atoms with E-state index in [1.807, 2.05) is 0 Å². The molecule has 0 heterocycles. The van der Waals surface area contributed by atoms with Crippen LogP contribution < -0.4 is 0 Å². The number of hydrogen-bond donors (Lipinski definition) is 0. The first-order chi connectivity index (χ1) is 5.33. The van der Waals surface area contributed by atoms with Crippen molar-refractivity contribution in [3.63, 3.8) is 0 Å². The van der Waals surface area contributed by atoms with Crippen molar-refractivity contribution in [3.8, 4) is 0 Å². The van der Waals surface area contributed by atoms with E-state index in [4.69, 9.17) is 4.74 Å². The molecular weight excluding hydrogens is 154 g/mol. The zero-order valence-corrected chi connectivity index (χ0v) is 8.68. The van der Waals surface area contributed by atoms with Gasteiger partial charge in [-0.2, -0.15) is 0 Å². The van der Waals surface area contributed by atoms with Gasteiger partial charge in [-0.05, 0) is 11.8 Å². The molecule has 0 unspecified atom stereocenters. The third-order valence-corrected chi connectivity index (χ3v) is 1.44. The van der Waals surface area contributed by atoms with Crippen molar-refractivity contribution in [2.75, 3.05) is 20.7 Å². The highest BCUT2D eigenvalue weighted by Gasteiger charge is 2.11. The van der Waals surface area contributed by atoms with Crippen LogP contribution in [-0.2, 0) is 4.74 Å². The molecule has 0 aromatic rings. The third-order valence-electron chi connectivity index (χ3n) is 1.44. The number of ether oxygens (including phenoxy) is 1. The molecule has 3 heteroatoms. The van der Waals surface area contributed by atoms with Gasteiger partial charge in [-0.15, -0.1) is 0 Å². The lowest BCUT2D eigenvalue weighted by molar-refractivity contribution is 0.106. The Morgan fingerprint density at radius 3 is 2.17 bits per heavy atom. The second-order valence-electron chi connectivity index (χ2n) is 4.32. The quantitative estimate of drug-likeness (QED) is 0.640. The summed E-state index contributed by atoms with van der Waals surface area (Å²) in [5, 5.41) is 0. The number of amides is 1. The molecule has 0 atom stereocenters. The van der Waals surface area contributed by atoms with Gasteiger partial charge in [0, 0.05) is 14.1 Å². The van der Waals surface area contributed by atoms with Crippen LogP contribution in [0.2, 0.25) is 0 Å². The molecular formula is C9H19NO2. The lowest BCUT2D eigenvalue weighted by Gasteiger charge is -2.18. The van der Waals surface area contributed by atoms with Crippen LogP contribution in [0, 0.1) is 5.41 Å². The lowest BCUT2D eigenvalue weighted by atomic mass is 9.93. The Bertz CT molecular complexity index is 147. The Morgan fingerprint density at radius 1 is 1.33 bits per heavy atom. The smallest absolute Gasteiger partial charge is 0.409 e. The summed E-state index contributed by atoms with van der Waals surface area (Å²) < 4.78 is 4.97. The Labute approximate surface area is 74.7 Å². The minimum atomic E-state index is -0.265. The topological polar surface area (TPSA) is 29.5 Å². The second-order valence-corrected chi connectivity index (χ2v) is 4.32. The summed E-state index contributed by atoms with van der Waals surface area (Å²) in [6.45, 7) is 6.87. The van der Waals surface area contributed by atoms with Gasteiger partial charge in [-0.3, -0.25) is 0 Å². The largest absolute Gasteiger partial charge is 0.449 e. The van der Waals surface area contributed by atoms with Gasteiger partial charge in [-0.25, -0.2) is 4.79 Å². The fraction of sp³-hybridized carbons (Fsp3) is 0.889. The van der Waals surface area contributed by atoms with Crippen LogP contribution >= 0.6 is 0 Å². The van der Waals surface area contributed by atoms with Gasteiger partial charge in [-0.1, -0.05) is 20.8 Å². The van der Waals surface area contributed by atoms with Gasteiger partial charge in [0.25, 0.3) is 0 Å². The van der Waals surface area contributed by atoms with Crippen LogP contribution in [-0.4, -0.2) is 31.7 Å². The molecule has 0 bridgehead atoms. The summed E-state index contributed by atoms with van der Waals surface area (Å²) in [6.07, 6.45) is 0.631. The van der Waals surface area contributed by atoms with Crippen LogP contribution in [0.1, 0.15) is 27.2 Å². The van der Waals surface area contributed by atoms with Crippen LogP contribution in [0.4, 0.5) is 4.79 Å². The summed E-state index contributed by atoms with van der Waals surface area (Å²) in [7, 11) is 3.36. The summed E-state index contributed by atoms with van der Waals surface area (Å²) in [6, 6.07) is 0. The van der Waals surface area contributed by atoms with E-state index in [0.29, 0.717) is 6.61 Å². The highest BCUT2D eigenvalue weighted by atomic mass is 16.6. The molecule has 72 valence electrons. The predicted molar refractivity (Wildman–Crippen MR) is 49.1 cm³/mol.